The molecule has 0 spiro atoms. The lowest BCUT2D eigenvalue weighted by Gasteiger charge is -2.04. The molecule has 0 saturated heterocycles. The summed E-state index contributed by atoms with van der Waals surface area (Å²) < 4.78 is 4.64. The number of anilines is 2. The Morgan fingerprint density at radius 3 is 3.00 bits per heavy atom. The maximum atomic E-state index is 11.4. The number of esters is 1. The Morgan fingerprint density at radius 1 is 1.53 bits per heavy atom. The predicted molar refractivity (Wildman–Crippen MR) is 77.6 cm³/mol. The quantitative estimate of drug-likeness (QED) is 0.870. The maximum absolute atomic E-state index is 11.4. The average Bonchev–Trinajstić information content (AvgIpc) is 2.79. The van der Waals surface area contributed by atoms with Crippen molar-refractivity contribution in [2.75, 3.05) is 12.4 Å². The Balaban J connectivity index is 2.21. The van der Waals surface area contributed by atoms with E-state index in [0.717, 1.165) is 12.1 Å². The summed E-state index contributed by atoms with van der Waals surface area (Å²) in [6.07, 6.45) is 0.960. The summed E-state index contributed by atoms with van der Waals surface area (Å²) in [6, 6.07) is 8.00. The van der Waals surface area contributed by atoms with Crippen molar-refractivity contribution in [1.82, 2.24) is 4.98 Å². The first-order valence-electron chi connectivity index (χ1n) is 5.74. The second-order valence-electron chi connectivity index (χ2n) is 3.81. The molecule has 0 bridgehead atoms. The SMILES string of the molecule is CCc1cccc(Nc2nc(Cl)c(C(=O)OC)s2)c1. The van der Waals surface area contributed by atoms with Crippen LogP contribution in [-0.4, -0.2) is 18.1 Å². The molecule has 19 heavy (non-hydrogen) atoms. The highest BCUT2D eigenvalue weighted by Gasteiger charge is 2.17. The van der Waals surface area contributed by atoms with Gasteiger partial charge in [0.05, 0.1) is 7.11 Å². The third-order valence-electron chi connectivity index (χ3n) is 2.54. The lowest BCUT2D eigenvalue weighted by molar-refractivity contribution is 0.0606. The van der Waals surface area contributed by atoms with Gasteiger partial charge in [-0.2, -0.15) is 0 Å². The molecule has 0 fully saturated rings. The molecule has 0 unspecified atom stereocenters. The van der Waals surface area contributed by atoms with E-state index in [4.69, 9.17) is 11.6 Å². The summed E-state index contributed by atoms with van der Waals surface area (Å²) in [5.41, 5.74) is 2.14. The summed E-state index contributed by atoms with van der Waals surface area (Å²) in [6.45, 7) is 2.09. The van der Waals surface area contributed by atoms with Crippen LogP contribution in [0.3, 0.4) is 0 Å². The Morgan fingerprint density at radius 2 is 2.32 bits per heavy atom. The van der Waals surface area contributed by atoms with Crippen LogP contribution >= 0.6 is 22.9 Å². The van der Waals surface area contributed by atoms with E-state index in [1.807, 2.05) is 18.2 Å². The van der Waals surface area contributed by atoms with Crippen molar-refractivity contribution in [3.8, 4) is 0 Å². The monoisotopic (exact) mass is 296 g/mol. The number of nitrogens with zero attached hydrogens (tertiary/aromatic N) is 1. The van der Waals surface area contributed by atoms with E-state index in [9.17, 15) is 4.79 Å². The predicted octanol–water partition coefficient (Wildman–Crippen LogP) is 3.89. The van der Waals surface area contributed by atoms with Gasteiger partial charge in [-0.3, -0.25) is 0 Å². The van der Waals surface area contributed by atoms with Crippen LogP contribution in [0.1, 0.15) is 22.2 Å². The van der Waals surface area contributed by atoms with E-state index in [1.165, 1.54) is 24.0 Å². The number of halogens is 1. The number of hydrogen-bond acceptors (Lipinski definition) is 5. The first kappa shape index (κ1) is 13.8. The van der Waals surface area contributed by atoms with Crippen molar-refractivity contribution in [3.63, 3.8) is 0 Å². The fourth-order valence-electron chi connectivity index (χ4n) is 1.57. The molecule has 0 amide bonds. The van der Waals surface area contributed by atoms with E-state index >= 15 is 0 Å². The summed E-state index contributed by atoms with van der Waals surface area (Å²) in [5, 5.41) is 3.86. The number of benzene rings is 1. The highest BCUT2D eigenvalue weighted by atomic mass is 35.5. The van der Waals surface area contributed by atoms with Gasteiger partial charge in [-0.05, 0) is 24.1 Å². The van der Waals surface area contributed by atoms with E-state index in [1.54, 1.807) is 0 Å². The number of aryl methyl sites for hydroxylation is 1. The molecule has 1 N–H and O–H groups in total. The van der Waals surface area contributed by atoms with Gasteiger partial charge in [-0.25, -0.2) is 9.78 Å². The topological polar surface area (TPSA) is 51.2 Å². The number of carbonyl (C=O) groups is 1. The van der Waals surface area contributed by atoms with Crippen LogP contribution in [0.25, 0.3) is 0 Å². The average molecular weight is 297 g/mol. The van der Waals surface area contributed by atoms with Crippen LogP contribution in [0.2, 0.25) is 5.15 Å². The van der Waals surface area contributed by atoms with E-state index < -0.39 is 5.97 Å². The lowest BCUT2D eigenvalue weighted by Crippen LogP contribution is -1.98. The first-order chi connectivity index (χ1) is 9.13. The number of hydrogen-bond donors (Lipinski definition) is 1. The van der Waals surface area contributed by atoms with Crippen LogP contribution in [0.5, 0.6) is 0 Å². The molecule has 0 radical (unpaired) electrons. The lowest BCUT2D eigenvalue weighted by atomic mass is 10.1. The second-order valence-corrected chi connectivity index (χ2v) is 5.17. The first-order valence-corrected chi connectivity index (χ1v) is 6.94. The smallest absolute Gasteiger partial charge is 0.351 e. The second kappa shape index (κ2) is 6.04. The molecule has 4 nitrogen and oxygen atoms in total. The molecule has 6 heteroatoms. The molecule has 2 aromatic rings. The molecule has 0 saturated carbocycles. The van der Waals surface area contributed by atoms with Gasteiger partial charge in [-0.1, -0.05) is 42.0 Å². The van der Waals surface area contributed by atoms with Crippen molar-refractivity contribution in [1.29, 1.82) is 0 Å². The van der Waals surface area contributed by atoms with Gasteiger partial charge >= 0.3 is 5.97 Å². The van der Waals surface area contributed by atoms with Crippen molar-refractivity contribution in [3.05, 3.63) is 39.9 Å². The maximum Gasteiger partial charge on any atom is 0.351 e. The van der Waals surface area contributed by atoms with Crippen LogP contribution in [0, 0.1) is 0 Å². The number of thiazole rings is 1. The molecule has 1 heterocycles. The number of nitrogens with one attached hydrogen (secondary N) is 1. The highest BCUT2D eigenvalue weighted by Crippen LogP contribution is 2.29. The van der Waals surface area contributed by atoms with Gasteiger partial charge in [0.2, 0.25) is 0 Å². The number of aromatic nitrogens is 1. The molecule has 100 valence electrons. The van der Waals surface area contributed by atoms with Crippen molar-refractivity contribution in [2.45, 2.75) is 13.3 Å². The van der Waals surface area contributed by atoms with Crippen LogP contribution in [0.4, 0.5) is 10.8 Å². The van der Waals surface area contributed by atoms with Gasteiger partial charge in [0.1, 0.15) is 0 Å². The van der Waals surface area contributed by atoms with Crippen LogP contribution < -0.4 is 5.32 Å². The van der Waals surface area contributed by atoms with E-state index in [-0.39, 0.29) is 5.15 Å². The van der Waals surface area contributed by atoms with Crippen LogP contribution in [-0.2, 0) is 11.2 Å². The summed E-state index contributed by atoms with van der Waals surface area (Å²) in [4.78, 5) is 15.8. The largest absolute Gasteiger partial charge is 0.465 e. The summed E-state index contributed by atoms with van der Waals surface area (Å²) in [5.74, 6) is -0.474. The fourth-order valence-corrected chi connectivity index (χ4v) is 2.69. The third-order valence-corrected chi connectivity index (χ3v) is 3.88. The molecule has 0 aliphatic rings. The number of rotatable bonds is 4. The third kappa shape index (κ3) is 3.24. The summed E-state index contributed by atoms with van der Waals surface area (Å²) in [7, 11) is 1.32. The van der Waals surface area contributed by atoms with Gasteiger partial charge in [0.25, 0.3) is 0 Å². The van der Waals surface area contributed by atoms with Crippen molar-refractivity contribution in [2.24, 2.45) is 0 Å². The number of ether oxygens (including phenoxy) is 1. The Labute approximate surface area is 120 Å². The zero-order chi connectivity index (χ0) is 13.8. The molecule has 0 aliphatic carbocycles. The van der Waals surface area contributed by atoms with Crippen molar-refractivity contribution >= 4 is 39.7 Å². The minimum absolute atomic E-state index is 0.158. The number of carbonyl (C=O) groups excluding carboxylic acids is 1. The van der Waals surface area contributed by atoms with E-state index in [0.29, 0.717) is 10.0 Å². The molecule has 2 rings (SSSR count). The zero-order valence-corrected chi connectivity index (χ0v) is 12.1. The Bertz CT molecular complexity index is 598. The molecule has 1 aromatic heterocycles. The summed E-state index contributed by atoms with van der Waals surface area (Å²) >= 11 is 7.07. The fraction of sp³-hybridized carbons (Fsp3) is 0.231. The molecule has 1 aromatic carbocycles. The minimum atomic E-state index is -0.474. The van der Waals surface area contributed by atoms with E-state index in [2.05, 4.69) is 28.0 Å². The van der Waals surface area contributed by atoms with Crippen molar-refractivity contribution < 1.29 is 9.53 Å². The highest BCUT2D eigenvalue weighted by molar-refractivity contribution is 7.18. The van der Waals surface area contributed by atoms with Gasteiger partial charge < -0.3 is 10.1 Å². The van der Waals surface area contributed by atoms with Crippen LogP contribution in [0.15, 0.2) is 24.3 Å². The normalized spacial score (nSPS) is 10.3. The Hall–Kier alpha value is -1.59. The van der Waals surface area contributed by atoms with Gasteiger partial charge in [0.15, 0.2) is 15.2 Å². The Kier molecular flexibility index (Phi) is 4.39. The molecular formula is C13H13ClN2O2S. The van der Waals surface area contributed by atoms with Gasteiger partial charge in [-0.15, -0.1) is 0 Å². The molecule has 0 aliphatic heterocycles. The zero-order valence-electron chi connectivity index (χ0n) is 10.6. The minimum Gasteiger partial charge on any atom is -0.465 e. The van der Waals surface area contributed by atoms with Gasteiger partial charge in [0, 0.05) is 5.69 Å². The molecule has 0 atom stereocenters. The standard InChI is InChI=1S/C13H13ClN2O2S/c1-3-8-5-4-6-9(7-8)15-13-16-11(14)10(19-13)12(17)18-2/h4-7H,3H2,1-2H3,(H,15,16). The molecular weight excluding hydrogens is 284 g/mol. The number of methoxy groups -OCH3 is 1.